The van der Waals surface area contributed by atoms with Gasteiger partial charge in [-0.05, 0) is 18.9 Å². The summed E-state index contributed by atoms with van der Waals surface area (Å²) in [5, 5.41) is 11.6. The minimum atomic E-state index is 0. The molecule has 7 nitrogen and oxygen atoms in total. The van der Waals surface area contributed by atoms with Crippen LogP contribution in [0.5, 0.6) is 0 Å². The average molecular weight is 442 g/mol. The van der Waals surface area contributed by atoms with E-state index in [1.807, 2.05) is 24.3 Å². The lowest BCUT2D eigenvalue weighted by Crippen LogP contribution is -2.24. The van der Waals surface area contributed by atoms with E-state index in [0.29, 0.717) is 19.1 Å². The Bertz CT molecular complexity index is 700. The Morgan fingerprint density at radius 3 is 3.00 bits per heavy atom. The number of fused-ring (bicyclic) bond motifs is 1. The predicted molar refractivity (Wildman–Crippen MR) is 104 cm³/mol. The van der Waals surface area contributed by atoms with E-state index in [-0.39, 0.29) is 24.0 Å². The molecule has 0 aliphatic carbocycles. The summed E-state index contributed by atoms with van der Waals surface area (Å²) < 4.78 is 7.34. The third-order valence-electron chi connectivity index (χ3n) is 3.91. The highest BCUT2D eigenvalue weighted by Crippen LogP contribution is 2.16. The lowest BCUT2D eigenvalue weighted by molar-refractivity contribution is 0.185. The van der Waals surface area contributed by atoms with Crippen molar-refractivity contribution >= 4 is 35.6 Å². The first kappa shape index (κ1) is 18.7. The van der Waals surface area contributed by atoms with Crippen LogP contribution in [0.1, 0.15) is 30.1 Å². The minimum absolute atomic E-state index is 0. The molecule has 8 heteroatoms. The third kappa shape index (κ3) is 4.44. The molecule has 24 heavy (non-hydrogen) atoms. The zero-order valence-corrected chi connectivity index (χ0v) is 16.1. The maximum Gasteiger partial charge on any atom is 0.193 e. The number of guanidine groups is 1. The standard InChI is InChI=1S/C16H22N6O.HI/c1-23-11-12-6-2-3-7-13(12)19-16(17)18-10-15-21-20-14-8-4-5-9-22(14)15;/h2-3,6-7H,4-5,8-11H2,1H3,(H3,17,18,19);1H. The van der Waals surface area contributed by atoms with Crippen LogP contribution in [-0.4, -0.2) is 27.8 Å². The van der Waals surface area contributed by atoms with E-state index in [9.17, 15) is 0 Å². The summed E-state index contributed by atoms with van der Waals surface area (Å²) in [5.41, 5.74) is 7.94. The van der Waals surface area contributed by atoms with Crippen molar-refractivity contribution in [3.05, 3.63) is 41.5 Å². The fourth-order valence-electron chi connectivity index (χ4n) is 2.74. The van der Waals surface area contributed by atoms with Crippen LogP contribution < -0.4 is 11.1 Å². The van der Waals surface area contributed by atoms with Crippen molar-refractivity contribution in [2.75, 3.05) is 12.4 Å². The Hall–Kier alpha value is -1.68. The molecule has 1 aromatic heterocycles. The van der Waals surface area contributed by atoms with Crippen molar-refractivity contribution < 1.29 is 4.74 Å². The van der Waals surface area contributed by atoms with Gasteiger partial charge in [-0.2, -0.15) is 0 Å². The summed E-state index contributed by atoms with van der Waals surface area (Å²) >= 11 is 0. The summed E-state index contributed by atoms with van der Waals surface area (Å²) in [5.74, 6) is 2.29. The van der Waals surface area contributed by atoms with Gasteiger partial charge >= 0.3 is 0 Å². The highest BCUT2D eigenvalue weighted by Gasteiger charge is 2.15. The molecule has 0 bridgehead atoms. The highest BCUT2D eigenvalue weighted by atomic mass is 127. The topological polar surface area (TPSA) is 90.3 Å². The number of nitrogens with two attached hydrogens (primary N) is 1. The van der Waals surface area contributed by atoms with E-state index in [0.717, 1.165) is 35.9 Å². The monoisotopic (exact) mass is 442 g/mol. The third-order valence-corrected chi connectivity index (χ3v) is 3.91. The minimum Gasteiger partial charge on any atom is -0.380 e. The second-order valence-corrected chi connectivity index (χ2v) is 5.56. The highest BCUT2D eigenvalue weighted by molar-refractivity contribution is 14.0. The van der Waals surface area contributed by atoms with Gasteiger partial charge in [0.15, 0.2) is 11.8 Å². The van der Waals surface area contributed by atoms with Crippen LogP contribution in [-0.2, 0) is 30.9 Å². The maximum atomic E-state index is 6.00. The van der Waals surface area contributed by atoms with Gasteiger partial charge in [-0.1, -0.05) is 18.2 Å². The molecule has 2 heterocycles. The van der Waals surface area contributed by atoms with Gasteiger partial charge in [-0.15, -0.1) is 34.2 Å². The molecular formula is C16H23IN6O. The first-order valence-electron chi connectivity index (χ1n) is 7.82. The van der Waals surface area contributed by atoms with Gasteiger partial charge in [0.2, 0.25) is 0 Å². The van der Waals surface area contributed by atoms with Crippen molar-refractivity contribution in [1.29, 1.82) is 0 Å². The van der Waals surface area contributed by atoms with Crippen LogP contribution in [0, 0.1) is 0 Å². The number of para-hydroxylation sites is 1. The molecule has 0 radical (unpaired) electrons. The van der Waals surface area contributed by atoms with E-state index in [1.165, 1.54) is 12.8 Å². The van der Waals surface area contributed by atoms with Crippen molar-refractivity contribution in [2.24, 2.45) is 10.7 Å². The first-order chi connectivity index (χ1) is 11.3. The van der Waals surface area contributed by atoms with Gasteiger partial charge in [0.1, 0.15) is 12.4 Å². The number of rotatable bonds is 5. The van der Waals surface area contributed by atoms with Crippen molar-refractivity contribution in [3.8, 4) is 0 Å². The molecule has 0 spiro atoms. The van der Waals surface area contributed by atoms with Crippen molar-refractivity contribution in [1.82, 2.24) is 14.8 Å². The van der Waals surface area contributed by atoms with E-state index < -0.39 is 0 Å². The number of anilines is 1. The molecule has 3 rings (SSSR count). The number of methoxy groups -OCH3 is 1. The molecule has 0 atom stereocenters. The summed E-state index contributed by atoms with van der Waals surface area (Å²) in [4.78, 5) is 4.39. The van der Waals surface area contributed by atoms with E-state index >= 15 is 0 Å². The smallest absolute Gasteiger partial charge is 0.193 e. The molecule has 0 saturated heterocycles. The molecule has 1 aliphatic heterocycles. The zero-order chi connectivity index (χ0) is 16.1. The van der Waals surface area contributed by atoms with Crippen LogP contribution in [0.3, 0.4) is 0 Å². The van der Waals surface area contributed by atoms with Crippen LogP contribution >= 0.6 is 24.0 Å². The zero-order valence-electron chi connectivity index (χ0n) is 13.7. The molecule has 0 saturated carbocycles. The number of hydrogen-bond donors (Lipinski definition) is 2. The van der Waals surface area contributed by atoms with Gasteiger partial charge < -0.3 is 20.4 Å². The molecule has 1 aromatic carbocycles. The van der Waals surface area contributed by atoms with Crippen LogP contribution in [0.2, 0.25) is 0 Å². The molecule has 0 unspecified atom stereocenters. The SMILES string of the molecule is COCc1ccccc1NC(N)=NCc1nnc2n1CCCC2.I. The summed E-state index contributed by atoms with van der Waals surface area (Å²) in [6, 6.07) is 7.86. The Morgan fingerprint density at radius 1 is 1.33 bits per heavy atom. The number of nitrogens with one attached hydrogen (secondary N) is 1. The number of aryl methyl sites for hydroxylation is 1. The van der Waals surface area contributed by atoms with E-state index in [1.54, 1.807) is 7.11 Å². The summed E-state index contributed by atoms with van der Waals surface area (Å²) in [7, 11) is 1.67. The van der Waals surface area contributed by atoms with Gasteiger partial charge in [-0.3, -0.25) is 0 Å². The quantitative estimate of drug-likeness (QED) is 0.422. The Kier molecular flexibility index (Phi) is 6.98. The molecule has 1 aliphatic rings. The number of benzene rings is 1. The van der Waals surface area contributed by atoms with Gasteiger partial charge in [0.05, 0.1) is 6.61 Å². The predicted octanol–water partition coefficient (Wildman–Crippen LogP) is 2.31. The second-order valence-electron chi connectivity index (χ2n) is 5.56. The van der Waals surface area contributed by atoms with Crippen LogP contribution in [0.15, 0.2) is 29.3 Å². The molecule has 0 amide bonds. The van der Waals surface area contributed by atoms with Gasteiger partial charge in [-0.25, -0.2) is 4.99 Å². The number of ether oxygens (including phenoxy) is 1. The van der Waals surface area contributed by atoms with Crippen molar-refractivity contribution in [2.45, 2.75) is 39.0 Å². The largest absolute Gasteiger partial charge is 0.380 e. The van der Waals surface area contributed by atoms with E-state index in [4.69, 9.17) is 10.5 Å². The number of aliphatic imine (C=N–C) groups is 1. The fraction of sp³-hybridized carbons (Fsp3) is 0.438. The van der Waals surface area contributed by atoms with Gasteiger partial charge in [0.25, 0.3) is 0 Å². The Labute approximate surface area is 158 Å². The second kappa shape index (κ2) is 8.97. The maximum absolute atomic E-state index is 6.00. The molecule has 130 valence electrons. The van der Waals surface area contributed by atoms with Crippen LogP contribution in [0.25, 0.3) is 0 Å². The summed E-state index contributed by atoms with van der Waals surface area (Å²) in [6.07, 6.45) is 3.34. The van der Waals surface area contributed by atoms with Crippen molar-refractivity contribution in [3.63, 3.8) is 0 Å². The normalized spacial score (nSPS) is 14.0. The first-order valence-corrected chi connectivity index (χ1v) is 7.82. The lowest BCUT2D eigenvalue weighted by atomic mass is 10.2. The van der Waals surface area contributed by atoms with Gasteiger partial charge in [0, 0.05) is 31.3 Å². The number of aromatic nitrogens is 3. The fourth-order valence-corrected chi connectivity index (χ4v) is 2.74. The Morgan fingerprint density at radius 2 is 2.17 bits per heavy atom. The summed E-state index contributed by atoms with van der Waals surface area (Å²) in [6.45, 7) is 1.92. The number of hydrogen-bond acceptors (Lipinski definition) is 4. The molecule has 3 N–H and O–H groups in total. The molecule has 2 aromatic rings. The molecule has 0 fully saturated rings. The average Bonchev–Trinajstić information content (AvgIpc) is 2.98. The molecular weight excluding hydrogens is 419 g/mol. The number of nitrogens with zero attached hydrogens (tertiary/aromatic N) is 4. The van der Waals surface area contributed by atoms with E-state index in [2.05, 4.69) is 25.1 Å². The lowest BCUT2D eigenvalue weighted by Gasteiger charge is -2.14. The Balaban J connectivity index is 0.00000208. The van der Waals surface area contributed by atoms with Crippen LogP contribution in [0.4, 0.5) is 5.69 Å². The number of halogens is 1.